The minimum atomic E-state index is 0.416. The van der Waals surface area contributed by atoms with Crippen molar-refractivity contribution in [3.63, 3.8) is 0 Å². The van der Waals surface area contributed by atoms with E-state index < -0.39 is 0 Å². The number of benzene rings is 1. The molecule has 2 saturated heterocycles. The third-order valence-corrected chi connectivity index (χ3v) is 7.34. The topological polar surface area (TPSA) is 36.0 Å². The number of piperidine rings is 1. The van der Waals surface area contributed by atoms with Gasteiger partial charge in [0, 0.05) is 37.9 Å². The Bertz CT molecular complexity index is 893. The monoisotopic (exact) mass is 475 g/mol. The van der Waals surface area contributed by atoms with Crippen molar-refractivity contribution in [3.8, 4) is 0 Å². The van der Waals surface area contributed by atoms with E-state index in [4.69, 9.17) is 27.9 Å². The molecule has 0 N–H and O–H groups in total. The van der Waals surface area contributed by atoms with Gasteiger partial charge < -0.3 is 14.5 Å². The number of hydrogen-bond acceptors (Lipinski definition) is 4. The molecule has 1 aliphatic carbocycles. The number of fused-ring (bicyclic) bond motifs is 1. The van der Waals surface area contributed by atoms with Gasteiger partial charge in [0.2, 0.25) is 6.41 Å². The van der Waals surface area contributed by atoms with E-state index in [-0.39, 0.29) is 0 Å². The lowest BCUT2D eigenvalue weighted by molar-refractivity contribution is -0.116. The van der Waals surface area contributed by atoms with E-state index in [0.29, 0.717) is 28.6 Å². The summed E-state index contributed by atoms with van der Waals surface area (Å²) in [6.45, 7) is 9.44. The molecule has 3 fully saturated rings. The maximum atomic E-state index is 11.4. The summed E-state index contributed by atoms with van der Waals surface area (Å²) in [6.07, 6.45) is 10.7. The van der Waals surface area contributed by atoms with Crippen LogP contribution in [0.25, 0.3) is 0 Å². The number of carbonyl (C=O) groups excluding carboxylic acids is 1. The van der Waals surface area contributed by atoms with Gasteiger partial charge in [0.15, 0.2) is 0 Å². The van der Waals surface area contributed by atoms with E-state index >= 15 is 0 Å². The van der Waals surface area contributed by atoms with E-state index in [1.165, 1.54) is 0 Å². The van der Waals surface area contributed by atoms with Gasteiger partial charge in [-0.15, -0.1) is 0 Å². The van der Waals surface area contributed by atoms with Crippen LogP contribution in [0.1, 0.15) is 25.7 Å². The normalized spacial score (nSPS) is 24.6. The molecular weight excluding hydrogens is 445 g/mol. The first-order chi connectivity index (χ1) is 15.6. The van der Waals surface area contributed by atoms with E-state index in [9.17, 15) is 4.79 Å². The largest absolute Gasteiger partial charge is 0.494 e. The number of hydrogen-bond donors (Lipinski definition) is 0. The molecule has 172 valence electrons. The zero-order chi connectivity index (χ0) is 22.5. The number of likely N-dealkylation sites (tertiary alicyclic amines) is 1. The summed E-state index contributed by atoms with van der Waals surface area (Å²) in [4.78, 5) is 18.0. The van der Waals surface area contributed by atoms with Crippen LogP contribution in [0.4, 0.5) is 5.69 Å². The molecule has 5 nitrogen and oxygen atoms in total. The smallest absolute Gasteiger partial charge is 0.214 e. The van der Waals surface area contributed by atoms with Crippen LogP contribution in [0.15, 0.2) is 54.5 Å². The molecule has 7 heteroatoms. The van der Waals surface area contributed by atoms with Crippen LogP contribution in [-0.4, -0.2) is 61.6 Å². The summed E-state index contributed by atoms with van der Waals surface area (Å²) >= 11 is 12.5. The number of unbranched alkanes of at least 4 members (excludes halogenated alkanes) is 1. The maximum absolute atomic E-state index is 11.4. The average molecular weight is 476 g/mol. The summed E-state index contributed by atoms with van der Waals surface area (Å²) < 4.78 is 5.99. The highest BCUT2D eigenvalue weighted by Crippen LogP contribution is 2.49. The second-order valence-corrected chi connectivity index (χ2v) is 9.46. The molecule has 1 aromatic rings. The SMILES string of the molecule is C=C/C=C(\C=C1/CC2CC2N1C=O)OCCCCN1CCN(c2cccc(Cl)c2Cl)CC1. The quantitative estimate of drug-likeness (QED) is 0.203. The molecule has 2 aliphatic heterocycles. The number of allylic oxidation sites excluding steroid dienone is 4. The molecule has 0 bridgehead atoms. The maximum Gasteiger partial charge on any atom is 0.214 e. The molecule has 1 amide bonds. The fourth-order valence-corrected chi connectivity index (χ4v) is 5.07. The van der Waals surface area contributed by atoms with Crippen LogP contribution in [0, 0.1) is 5.92 Å². The number of nitrogens with zero attached hydrogens (tertiary/aromatic N) is 3. The molecule has 3 aliphatic rings. The first kappa shape index (κ1) is 23.2. The van der Waals surface area contributed by atoms with Gasteiger partial charge >= 0.3 is 0 Å². The Hall–Kier alpha value is -1.95. The molecule has 2 heterocycles. The number of anilines is 1. The Morgan fingerprint density at radius 3 is 2.75 bits per heavy atom. The van der Waals surface area contributed by atoms with Crippen molar-refractivity contribution in [3.05, 3.63) is 64.5 Å². The zero-order valence-corrected chi connectivity index (χ0v) is 19.9. The Labute approximate surface area is 200 Å². The fraction of sp³-hybridized carbons (Fsp3) is 0.480. The van der Waals surface area contributed by atoms with Gasteiger partial charge in [-0.1, -0.05) is 41.9 Å². The molecule has 4 rings (SSSR count). The van der Waals surface area contributed by atoms with Crippen molar-refractivity contribution in [2.24, 2.45) is 5.92 Å². The van der Waals surface area contributed by atoms with Crippen molar-refractivity contribution < 1.29 is 9.53 Å². The number of ether oxygens (including phenoxy) is 1. The zero-order valence-electron chi connectivity index (χ0n) is 18.4. The van der Waals surface area contributed by atoms with Gasteiger partial charge in [-0.05, 0) is 62.4 Å². The third-order valence-electron chi connectivity index (χ3n) is 6.53. The van der Waals surface area contributed by atoms with Crippen molar-refractivity contribution in [1.82, 2.24) is 9.80 Å². The van der Waals surface area contributed by atoms with Gasteiger partial charge in [0.25, 0.3) is 0 Å². The predicted molar refractivity (Wildman–Crippen MR) is 131 cm³/mol. The molecule has 2 atom stereocenters. The molecule has 0 aromatic heterocycles. The summed E-state index contributed by atoms with van der Waals surface area (Å²) in [5.74, 6) is 1.43. The lowest BCUT2D eigenvalue weighted by Gasteiger charge is -2.36. The highest BCUT2D eigenvalue weighted by atomic mass is 35.5. The Balaban J connectivity index is 1.16. The Morgan fingerprint density at radius 2 is 2.00 bits per heavy atom. The number of halogens is 2. The van der Waals surface area contributed by atoms with Crippen LogP contribution >= 0.6 is 23.2 Å². The lowest BCUT2D eigenvalue weighted by Crippen LogP contribution is -2.46. The minimum Gasteiger partial charge on any atom is -0.494 e. The van der Waals surface area contributed by atoms with Gasteiger partial charge in [-0.2, -0.15) is 0 Å². The fourth-order valence-electron chi connectivity index (χ4n) is 4.65. The molecular formula is C25H31Cl2N3O2. The van der Waals surface area contributed by atoms with Crippen LogP contribution in [0.3, 0.4) is 0 Å². The van der Waals surface area contributed by atoms with Gasteiger partial charge in [0.1, 0.15) is 5.76 Å². The Morgan fingerprint density at radius 1 is 1.19 bits per heavy atom. The van der Waals surface area contributed by atoms with Crippen molar-refractivity contribution in [1.29, 1.82) is 0 Å². The Kier molecular flexibility index (Phi) is 7.82. The molecule has 1 aromatic carbocycles. The first-order valence-electron chi connectivity index (χ1n) is 11.4. The van der Waals surface area contributed by atoms with Gasteiger partial charge in [-0.25, -0.2) is 0 Å². The second-order valence-electron chi connectivity index (χ2n) is 8.68. The summed E-state index contributed by atoms with van der Waals surface area (Å²) in [7, 11) is 0. The lowest BCUT2D eigenvalue weighted by atomic mass is 10.2. The van der Waals surface area contributed by atoms with E-state index in [2.05, 4.69) is 16.4 Å². The van der Waals surface area contributed by atoms with E-state index in [1.54, 1.807) is 6.08 Å². The van der Waals surface area contributed by atoms with Gasteiger partial charge in [-0.3, -0.25) is 9.69 Å². The molecule has 1 saturated carbocycles. The summed E-state index contributed by atoms with van der Waals surface area (Å²) in [6, 6.07) is 6.23. The summed E-state index contributed by atoms with van der Waals surface area (Å²) in [5.41, 5.74) is 2.09. The van der Waals surface area contributed by atoms with Crippen LogP contribution in [-0.2, 0) is 9.53 Å². The number of rotatable bonds is 10. The molecule has 32 heavy (non-hydrogen) atoms. The molecule has 0 spiro atoms. The van der Waals surface area contributed by atoms with Gasteiger partial charge in [0.05, 0.1) is 22.3 Å². The number of carbonyl (C=O) groups is 1. The van der Waals surface area contributed by atoms with Crippen LogP contribution < -0.4 is 4.90 Å². The highest BCUT2D eigenvalue weighted by molar-refractivity contribution is 6.43. The average Bonchev–Trinajstić information content (AvgIpc) is 3.47. The number of piperazine rings is 1. The van der Waals surface area contributed by atoms with Crippen LogP contribution in [0.5, 0.6) is 0 Å². The first-order valence-corrected chi connectivity index (χ1v) is 12.2. The predicted octanol–water partition coefficient (Wildman–Crippen LogP) is 5.12. The van der Waals surface area contributed by atoms with Crippen LogP contribution in [0.2, 0.25) is 10.0 Å². The third kappa shape index (κ3) is 5.51. The van der Waals surface area contributed by atoms with E-state index in [0.717, 1.165) is 82.0 Å². The second kappa shape index (κ2) is 10.8. The summed E-state index contributed by atoms with van der Waals surface area (Å²) in [5, 5.41) is 1.25. The van der Waals surface area contributed by atoms with E-state index in [1.807, 2.05) is 35.3 Å². The standard InChI is InChI=1S/C25H31Cl2N3O2/c1-2-6-21(17-20-15-19-16-24(19)30(20)18-31)32-14-4-3-9-28-10-12-29(13-11-28)23-8-5-7-22(26)25(23)27/h2,5-8,17-19,24H,1,3-4,9-16H2/b20-17+,21-6+. The molecule has 2 unspecified atom stereocenters. The van der Waals surface area contributed by atoms with Crippen molar-refractivity contribution in [2.45, 2.75) is 31.7 Å². The van der Waals surface area contributed by atoms with Crippen molar-refractivity contribution >= 4 is 35.3 Å². The van der Waals surface area contributed by atoms with Crippen molar-refractivity contribution in [2.75, 3.05) is 44.2 Å². The number of amides is 1. The highest BCUT2D eigenvalue weighted by Gasteiger charge is 2.49. The minimum absolute atomic E-state index is 0.416. The molecule has 0 radical (unpaired) electrons.